The number of nitrogens with two attached hydrogens (primary N) is 1. The first kappa shape index (κ1) is 14.7. The van der Waals surface area contributed by atoms with Crippen LogP contribution in [0.5, 0.6) is 0 Å². The first-order valence-corrected chi connectivity index (χ1v) is 6.98. The lowest BCUT2D eigenvalue weighted by atomic mass is 9.86. The maximum atomic E-state index is 12.4. The molecule has 2 N–H and O–H groups in total. The van der Waals surface area contributed by atoms with Gasteiger partial charge in [-0.05, 0) is 23.3 Å². The van der Waals surface area contributed by atoms with Gasteiger partial charge in [-0.3, -0.25) is 9.78 Å². The number of aromatic nitrogens is 1. The molecule has 1 unspecified atom stereocenters. The second-order valence-electron chi connectivity index (χ2n) is 6.55. The quantitative estimate of drug-likeness (QED) is 0.864. The minimum atomic E-state index is -0.102. The third-order valence-electron chi connectivity index (χ3n) is 3.31. The number of carbonyl (C=O) groups excluding carboxylic acids is 1. The van der Waals surface area contributed by atoms with Crippen LogP contribution in [0.2, 0.25) is 0 Å². The van der Waals surface area contributed by atoms with Crippen LogP contribution in [0.1, 0.15) is 44.0 Å². The summed E-state index contributed by atoms with van der Waals surface area (Å²) in [6.07, 6.45) is 4.70. The number of nitrogens with zero attached hydrogens (tertiary/aromatic N) is 1. The summed E-state index contributed by atoms with van der Waals surface area (Å²) < 4.78 is 0. The normalized spacial score (nSPS) is 13.4. The van der Waals surface area contributed by atoms with E-state index in [1.807, 2.05) is 24.3 Å². The number of ketones is 1. The Morgan fingerprint density at radius 1 is 1.30 bits per heavy atom. The molecule has 3 nitrogen and oxygen atoms in total. The highest BCUT2D eigenvalue weighted by molar-refractivity contribution is 6.08. The van der Waals surface area contributed by atoms with Crippen LogP contribution < -0.4 is 5.73 Å². The van der Waals surface area contributed by atoms with E-state index in [4.69, 9.17) is 5.73 Å². The van der Waals surface area contributed by atoms with E-state index in [0.29, 0.717) is 6.42 Å². The number of hydrogen-bond donors (Lipinski definition) is 1. The van der Waals surface area contributed by atoms with Gasteiger partial charge in [0, 0.05) is 35.8 Å². The molecule has 2 aromatic rings. The second kappa shape index (κ2) is 5.71. The Morgan fingerprint density at radius 2 is 2.05 bits per heavy atom. The van der Waals surface area contributed by atoms with E-state index in [2.05, 4.69) is 25.8 Å². The molecule has 1 aromatic heterocycles. The molecule has 0 aliphatic carbocycles. The van der Waals surface area contributed by atoms with E-state index in [9.17, 15) is 4.79 Å². The van der Waals surface area contributed by atoms with E-state index in [1.54, 1.807) is 12.4 Å². The molecular formula is C17H22N2O. The molecule has 1 aromatic carbocycles. The fraction of sp³-hybridized carbons (Fsp3) is 0.412. The van der Waals surface area contributed by atoms with Gasteiger partial charge in [0.05, 0.1) is 0 Å². The van der Waals surface area contributed by atoms with Gasteiger partial charge >= 0.3 is 0 Å². The summed E-state index contributed by atoms with van der Waals surface area (Å²) in [5.74, 6) is 0.0975. The third kappa shape index (κ3) is 3.64. The molecule has 0 saturated carbocycles. The van der Waals surface area contributed by atoms with Crippen LogP contribution >= 0.6 is 0 Å². The fourth-order valence-corrected chi connectivity index (χ4v) is 2.56. The molecule has 2 rings (SSSR count). The topological polar surface area (TPSA) is 56.0 Å². The lowest BCUT2D eigenvalue weighted by Gasteiger charge is -2.22. The first-order valence-electron chi connectivity index (χ1n) is 6.98. The van der Waals surface area contributed by atoms with Gasteiger partial charge in [-0.15, -0.1) is 0 Å². The summed E-state index contributed by atoms with van der Waals surface area (Å²) in [5.41, 5.74) is 6.97. The average molecular weight is 270 g/mol. The Kier molecular flexibility index (Phi) is 4.19. The predicted molar refractivity (Wildman–Crippen MR) is 82.7 cm³/mol. The number of carbonyl (C=O) groups is 1. The maximum Gasteiger partial charge on any atom is 0.165 e. The Morgan fingerprint density at radius 3 is 2.75 bits per heavy atom. The van der Waals surface area contributed by atoms with Crippen molar-refractivity contribution in [1.82, 2.24) is 4.98 Å². The fourth-order valence-electron chi connectivity index (χ4n) is 2.56. The van der Waals surface area contributed by atoms with Crippen molar-refractivity contribution in [2.75, 3.05) is 0 Å². The van der Waals surface area contributed by atoms with Crippen LogP contribution in [-0.2, 0) is 0 Å². The zero-order chi connectivity index (χ0) is 14.8. The van der Waals surface area contributed by atoms with Gasteiger partial charge in [0.15, 0.2) is 5.78 Å². The number of Topliss-reactive ketones (excluding diaryl/α,β-unsaturated/α-hetero) is 1. The monoisotopic (exact) mass is 270 g/mol. The Hall–Kier alpha value is -1.74. The summed E-state index contributed by atoms with van der Waals surface area (Å²) in [6, 6.07) is 7.57. The van der Waals surface area contributed by atoms with Crippen molar-refractivity contribution >= 4 is 16.6 Å². The number of fused-ring (bicyclic) bond motifs is 1. The molecule has 0 radical (unpaired) electrons. The summed E-state index contributed by atoms with van der Waals surface area (Å²) >= 11 is 0. The number of rotatable bonds is 4. The zero-order valence-electron chi connectivity index (χ0n) is 12.4. The molecule has 0 saturated heterocycles. The molecule has 1 atom stereocenters. The van der Waals surface area contributed by atoms with Gasteiger partial charge < -0.3 is 5.73 Å². The van der Waals surface area contributed by atoms with Crippen LogP contribution in [0.25, 0.3) is 10.8 Å². The van der Waals surface area contributed by atoms with E-state index >= 15 is 0 Å². The SMILES string of the molecule is CC(C)(C)CC(N)CC(=O)c1cccc2ccncc12. The van der Waals surface area contributed by atoms with E-state index in [0.717, 1.165) is 22.8 Å². The van der Waals surface area contributed by atoms with Crippen LogP contribution in [-0.4, -0.2) is 16.8 Å². The molecular weight excluding hydrogens is 248 g/mol. The zero-order valence-corrected chi connectivity index (χ0v) is 12.4. The number of hydrogen-bond acceptors (Lipinski definition) is 3. The van der Waals surface area contributed by atoms with Gasteiger partial charge in [0.25, 0.3) is 0 Å². The van der Waals surface area contributed by atoms with Crippen molar-refractivity contribution in [1.29, 1.82) is 0 Å². The van der Waals surface area contributed by atoms with Crippen LogP contribution in [0.4, 0.5) is 0 Å². The van der Waals surface area contributed by atoms with Crippen molar-refractivity contribution in [3.8, 4) is 0 Å². The number of pyridine rings is 1. The Balaban J connectivity index is 2.20. The molecule has 0 fully saturated rings. The molecule has 0 spiro atoms. The van der Waals surface area contributed by atoms with Crippen molar-refractivity contribution in [2.24, 2.45) is 11.1 Å². The van der Waals surface area contributed by atoms with Crippen molar-refractivity contribution in [2.45, 2.75) is 39.7 Å². The van der Waals surface area contributed by atoms with Crippen molar-refractivity contribution < 1.29 is 4.79 Å². The minimum Gasteiger partial charge on any atom is -0.327 e. The minimum absolute atomic E-state index is 0.0975. The Bertz CT molecular complexity index is 608. The lowest BCUT2D eigenvalue weighted by molar-refractivity contribution is 0.0970. The summed E-state index contributed by atoms with van der Waals surface area (Å²) in [7, 11) is 0. The number of benzene rings is 1. The van der Waals surface area contributed by atoms with Crippen molar-refractivity contribution in [3.05, 3.63) is 42.2 Å². The average Bonchev–Trinajstić information content (AvgIpc) is 2.35. The van der Waals surface area contributed by atoms with Crippen LogP contribution in [0.15, 0.2) is 36.7 Å². The molecule has 0 bridgehead atoms. The second-order valence-corrected chi connectivity index (χ2v) is 6.55. The highest BCUT2D eigenvalue weighted by Crippen LogP contribution is 2.23. The smallest absolute Gasteiger partial charge is 0.165 e. The van der Waals surface area contributed by atoms with Gasteiger partial charge in [0.1, 0.15) is 0 Å². The summed E-state index contributed by atoms with van der Waals surface area (Å²) in [4.78, 5) is 16.6. The largest absolute Gasteiger partial charge is 0.327 e. The van der Waals surface area contributed by atoms with E-state index in [1.165, 1.54) is 0 Å². The standard InChI is InChI=1S/C17H22N2O/c1-17(2,3)10-13(18)9-16(20)14-6-4-5-12-7-8-19-11-15(12)14/h4-8,11,13H,9-10,18H2,1-3H3. The molecule has 0 aliphatic rings. The van der Waals surface area contributed by atoms with Gasteiger partial charge in [-0.1, -0.05) is 39.0 Å². The molecule has 1 heterocycles. The summed E-state index contributed by atoms with van der Waals surface area (Å²) in [6.45, 7) is 6.41. The summed E-state index contributed by atoms with van der Waals surface area (Å²) in [5, 5.41) is 1.94. The van der Waals surface area contributed by atoms with Gasteiger partial charge in [0.2, 0.25) is 0 Å². The Labute approximate surface area is 120 Å². The molecule has 0 aliphatic heterocycles. The molecule has 3 heteroatoms. The van der Waals surface area contributed by atoms with Gasteiger partial charge in [-0.2, -0.15) is 0 Å². The first-order chi connectivity index (χ1) is 9.37. The maximum absolute atomic E-state index is 12.4. The highest BCUT2D eigenvalue weighted by Gasteiger charge is 2.19. The van der Waals surface area contributed by atoms with E-state index < -0.39 is 0 Å². The van der Waals surface area contributed by atoms with Crippen LogP contribution in [0.3, 0.4) is 0 Å². The molecule has 20 heavy (non-hydrogen) atoms. The van der Waals surface area contributed by atoms with E-state index in [-0.39, 0.29) is 17.2 Å². The van der Waals surface area contributed by atoms with Crippen LogP contribution in [0, 0.1) is 5.41 Å². The lowest BCUT2D eigenvalue weighted by Crippen LogP contribution is -2.29. The predicted octanol–water partition coefficient (Wildman–Crippen LogP) is 3.57. The van der Waals surface area contributed by atoms with Gasteiger partial charge in [-0.25, -0.2) is 0 Å². The molecule has 0 amide bonds. The van der Waals surface area contributed by atoms with Crippen molar-refractivity contribution in [3.63, 3.8) is 0 Å². The third-order valence-corrected chi connectivity index (χ3v) is 3.31. The molecule has 106 valence electrons. The highest BCUT2D eigenvalue weighted by atomic mass is 16.1.